The summed E-state index contributed by atoms with van der Waals surface area (Å²) in [5, 5.41) is 3.19. The molecule has 2 heterocycles. The number of alkyl halides is 3. The number of ether oxygens (including phenoxy) is 1. The van der Waals surface area contributed by atoms with Crippen molar-refractivity contribution in [3.8, 4) is 5.75 Å². The van der Waals surface area contributed by atoms with Gasteiger partial charge in [0.05, 0.1) is 34.5 Å². The summed E-state index contributed by atoms with van der Waals surface area (Å²) in [6.07, 6.45) is -4.52. The van der Waals surface area contributed by atoms with E-state index in [9.17, 15) is 18.0 Å². The summed E-state index contributed by atoms with van der Waals surface area (Å²) in [5.41, 5.74) is -0.253. The number of methoxy groups -OCH3 is 1. The van der Waals surface area contributed by atoms with Gasteiger partial charge in [-0.3, -0.25) is 4.79 Å². The number of halogens is 3. The van der Waals surface area contributed by atoms with Crippen LogP contribution in [0.1, 0.15) is 5.56 Å². The average Bonchev–Trinajstić information content (AvgIpc) is 3.02. The summed E-state index contributed by atoms with van der Waals surface area (Å²) in [6, 6.07) is 10.6. The first-order valence-corrected chi connectivity index (χ1v) is 9.33. The van der Waals surface area contributed by atoms with Crippen LogP contribution in [0.15, 0.2) is 42.5 Å². The molecule has 0 bridgehead atoms. The number of carbonyl (C=O) groups is 1. The summed E-state index contributed by atoms with van der Waals surface area (Å²) in [5.74, 6) is -0.0906. The molecule has 9 heteroatoms. The first kappa shape index (κ1) is 18.5. The second kappa shape index (κ2) is 6.97. The largest absolute Gasteiger partial charge is 0.497 e. The number of aromatic nitrogens is 1. The molecule has 0 radical (unpaired) electrons. The molecule has 3 aromatic rings. The highest BCUT2D eigenvalue weighted by atomic mass is 32.1. The Morgan fingerprint density at radius 1 is 1.25 bits per heavy atom. The van der Waals surface area contributed by atoms with Crippen LogP contribution in [0, 0.1) is 5.92 Å². The van der Waals surface area contributed by atoms with E-state index < -0.39 is 17.6 Å². The molecular weight excluding hydrogens is 391 g/mol. The number of amides is 1. The van der Waals surface area contributed by atoms with Gasteiger partial charge in [0.25, 0.3) is 0 Å². The van der Waals surface area contributed by atoms with Crippen molar-refractivity contribution in [3.05, 3.63) is 48.0 Å². The Labute approximate surface area is 162 Å². The van der Waals surface area contributed by atoms with Crippen molar-refractivity contribution in [2.45, 2.75) is 6.18 Å². The van der Waals surface area contributed by atoms with Crippen LogP contribution in [0.2, 0.25) is 0 Å². The molecular formula is C19H16F3N3O2S. The fourth-order valence-corrected chi connectivity index (χ4v) is 4.00. The third-order valence-corrected chi connectivity index (χ3v) is 5.69. The number of carbonyl (C=O) groups excluding carboxylic acids is 1. The minimum absolute atomic E-state index is 0.217. The molecule has 1 aliphatic rings. The molecule has 1 N–H and O–H groups in total. The molecule has 4 rings (SSSR count). The summed E-state index contributed by atoms with van der Waals surface area (Å²) < 4.78 is 45.4. The number of thiazole rings is 1. The van der Waals surface area contributed by atoms with Gasteiger partial charge in [-0.15, -0.1) is 0 Å². The summed E-state index contributed by atoms with van der Waals surface area (Å²) in [7, 11) is 1.59. The van der Waals surface area contributed by atoms with Crippen molar-refractivity contribution < 1.29 is 22.7 Å². The van der Waals surface area contributed by atoms with Crippen molar-refractivity contribution in [2.24, 2.45) is 5.92 Å². The first-order valence-electron chi connectivity index (χ1n) is 8.52. The van der Waals surface area contributed by atoms with Gasteiger partial charge in [0.1, 0.15) is 5.75 Å². The monoisotopic (exact) mass is 407 g/mol. The molecule has 0 saturated carbocycles. The van der Waals surface area contributed by atoms with E-state index in [1.807, 2.05) is 23.1 Å². The van der Waals surface area contributed by atoms with E-state index in [-0.39, 0.29) is 11.6 Å². The maximum absolute atomic E-state index is 13.1. The number of fused-ring (bicyclic) bond motifs is 1. The molecule has 1 fully saturated rings. The predicted octanol–water partition coefficient (Wildman–Crippen LogP) is 4.40. The highest BCUT2D eigenvalue weighted by molar-refractivity contribution is 7.22. The van der Waals surface area contributed by atoms with E-state index >= 15 is 0 Å². The third-order valence-electron chi connectivity index (χ3n) is 4.60. The fourth-order valence-electron chi connectivity index (χ4n) is 3.03. The number of nitrogens with zero attached hydrogens (tertiary/aromatic N) is 2. The minimum Gasteiger partial charge on any atom is -0.497 e. The normalized spacial score (nSPS) is 14.8. The van der Waals surface area contributed by atoms with Crippen molar-refractivity contribution in [3.63, 3.8) is 0 Å². The second-order valence-corrected chi connectivity index (χ2v) is 7.47. The molecule has 28 heavy (non-hydrogen) atoms. The van der Waals surface area contributed by atoms with Crippen LogP contribution in [0.25, 0.3) is 10.2 Å². The molecule has 2 aromatic carbocycles. The number of rotatable bonds is 4. The van der Waals surface area contributed by atoms with E-state index in [4.69, 9.17) is 4.74 Å². The molecule has 1 saturated heterocycles. The van der Waals surface area contributed by atoms with Crippen LogP contribution in [0.4, 0.5) is 24.0 Å². The zero-order valence-corrected chi connectivity index (χ0v) is 15.6. The Morgan fingerprint density at radius 2 is 2.00 bits per heavy atom. The highest BCUT2D eigenvalue weighted by Gasteiger charge is 2.37. The smallest absolute Gasteiger partial charge is 0.418 e. The van der Waals surface area contributed by atoms with Gasteiger partial charge in [-0.1, -0.05) is 23.5 Å². The van der Waals surface area contributed by atoms with Gasteiger partial charge in [-0.2, -0.15) is 13.2 Å². The van der Waals surface area contributed by atoms with Crippen molar-refractivity contribution in [1.29, 1.82) is 0 Å². The zero-order valence-electron chi connectivity index (χ0n) is 14.8. The molecule has 0 aliphatic carbocycles. The lowest BCUT2D eigenvalue weighted by atomic mass is 9.99. The molecule has 1 aromatic heterocycles. The maximum Gasteiger partial charge on any atom is 0.418 e. The standard InChI is InChI=1S/C19H16F3N3O2S/c1-27-12-6-7-16-15(8-12)24-18(28-16)25-9-11(10-25)17(26)23-14-5-3-2-4-13(14)19(20,21)22/h2-8,11H,9-10H2,1H3,(H,23,26). The van der Waals surface area contributed by atoms with Crippen molar-refractivity contribution in [1.82, 2.24) is 4.98 Å². The van der Waals surface area contributed by atoms with Crippen molar-refractivity contribution >= 4 is 38.3 Å². The van der Waals surface area contributed by atoms with Gasteiger partial charge < -0.3 is 15.0 Å². The number of anilines is 2. The van der Waals surface area contributed by atoms with Crippen LogP contribution in [-0.2, 0) is 11.0 Å². The number of hydrogen-bond donors (Lipinski definition) is 1. The van der Waals surface area contributed by atoms with Crippen LogP contribution < -0.4 is 15.0 Å². The van der Waals surface area contributed by atoms with E-state index in [1.165, 1.54) is 29.5 Å². The number of para-hydroxylation sites is 1. The van der Waals surface area contributed by atoms with E-state index in [2.05, 4.69) is 10.3 Å². The minimum atomic E-state index is -4.52. The fraction of sp³-hybridized carbons (Fsp3) is 0.263. The van der Waals surface area contributed by atoms with Gasteiger partial charge in [-0.05, 0) is 24.3 Å². The molecule has 1 aliphatic heterocycles. The number of benzene rings is 2. The Morgan fingerprint density at radius 3 is 2.71 bits per heavy atom. The SMILES string of the molecule is COc1ccc2sc(N3CC(C(=O)Nc4ccccc4C(F)(F)F)C3)nc2c1. The Kier molecular flexibility index (Phi) is 4.62. The predicted molar refractivity (Wildman–Crippen MR) is 102 cm³/mol. The van der Waals surface area contributed by atoms with Gasteiger partial charge in [-0.25, -0.2) is 4.98 Å². The quantitative estimate of drug-likeness (QED) is 0.697. The highest BCUT2D eigenvalue weighted by Crippen LogP contribution is 2.36. The summed E-state index contributed by atoms with van der Waals surface area (Å²) in [4.78, 5) is 18.9. The second-order valence-electron chi connectivity index (χ2n) is 6.46. The first-order chi connectivity index (χ1) is 13.3. The van der Waals surface area contributed by atoms with Gasteiger partial charge in [0, 0.05) is 19.2 Å². The third kappa shape index (κ3) is 3.49. The Balaban J connectivity index is 1.42. The topological polar surface area (TPSA) is 54.5 Å². The van der Waals surface area contributed by atoms with Gasteiger partial charge >= 0.3 is 6.18 Å². The zero-order chi connectivity index (χ0) is 19.9. The number of hydrogen-bond acceptors (Lipinski definition) is 5. The van der Waals surface area contributed by atoms with Crippen molar-refractivity contribution in [2.75, 3.05) is 30.4 Å². The Bertz CT molecular complexity index is 1030. The molecule has 1 amide bonds. The molecule has 0 unspecified atom stereocenters. The van der Waals surface area contributed by atoms with Crippen LogP contribution >= 0.6 is 11.3 Å². The van der Waals surface area contributed by atoms with Gasteiger partial charge in [0.2, 0.25) is 5.91 Å². The lowest BCUT2D eigenvalue weighted by molar-refractivity contribution is -0.137. The van der Waals surface area contributed by atoms with E-state index in [0.29, 0.717) is 18.8 Å². The molecule has 5 nitrogen and oxygen atoms in total. The number of nitrogens with one attached hydrogen (secondary N) is 1. The van der Waals surface area contributed by atoms with E-state index in [1.54, 1.807) is 7.11 Å². The summed E-state index contributed by atoms with van der Waals surface area (Å²) >= 11 is 1.50. The average molecular weight is 407 g/mol. The van der Waals surface area contributed by atoms with Crippen LogP contribution in [0.3, 0.4) is 0 Å². The molecule has 146 valence electrons. The lowest BCUT2D eigenvalue weighted by Gasteiger charge is -2.38. The lowest BCUT2D eigenvalue weighted by Crippen LogP contribution is -2.52. The van der Waals surface area contributed by atoms with E-state index in [0.717, 1.165) is 21.4 Å². The van der Waals surface area contributed by atoms with Crippen LogP contribution in [-0.4, -0.2) is 31.1 Å². The molecule has 0 spiro atoms. The van der Waals surface area contributed by atoms with Crippen LogP contribution in [0.5, 0.6) is 5.75 Å². The maximum atomic E-state index is 13.1. The Hall–Kier alpha value is -2.81. The summed E-state index contributed by atoms with van der Waals surface area (Å²) in [6.45, 7) is 0.827. The molecule has 0 atom stereocenters. The van der Waals surface area contributed by atoms with Gasteiger partial charge in [0.15, 0.2) is 5.13 Å².